The Kier molecular flexibility index (Phi) is 6.38. The second-order valence-corrected chi connectivity index (χ2v) is 9.82. The van der Waals surface area contributed by atoms with Gasteiger partial charge >= 0.3 is 5.97 Å². The summed E-state index contributed by atoms with van der Waals surface area (Å²) in [6.07, 6.45) is 6.84. The summed E-state index contributed by atoms with van der Waals surface area (Å²) in [4.78, 5) is 14.8. The zero-order chi connectivity index (χ0) is 23.5. The van der Waals surface area contributed by atoms with Crippen LogP contribution in [0, 0.1) is 6.92 Å². The number of aliphatic carboxylic acids is 1. The van der Waals surface area contributed by atoms with E-state index in [0.29, 0.717) is 12.8 Å². The van der Waals surface area contributed by atoms with Crippen LogP contribution in [0.2, 0.25) is 0 Å². The van der Waals surface area contributed by atoms with E-state index in [1.165, 1.54) is 27.8 Å². The largest absolute Gasteiger partial charge is 0.481 e. The molecule has 0 bridgehead atoms. The Morgan fingerprint density at radius 1 is 0.882 bits per heavy atom. The van der Waals surface area contributed by atoms with Crippen LogP contribution in [0.4, 0.5) is 0 Å². The SMILES string of the molecule is Cc1ccc(C2(C(=O)O)CCN(CCC=C3c4ccccc4CCc4ccccc43)CC2)cc1. The standard InChI is InChI=1S/C31H33NO2/c1-23-12-16-26(17-13-23)31(30(33)34)18-21-32(22-19-31)20-6-11-29-27-9-4-2-7-24(27)14-15-25-8-3-5-10-28(25)29/h2-5,7-13,16-17H,6,14-15,18-22H2,1H3,(H,33,34). The molecule has 1 fully saturated rings. The minimum atomic E-state index is -0.762. The summed E-state index contributed by atoms with van der Waals surface area (Å²) in [5.41, 5.74) is 8.25. The van der Waals surface area contributed by atoms with Gasteiger partial charge in [-0.3, -0.25) is 4.79 Å². The molecule has 0 saturated carbocycles. The molecule has 1 aliphatic heterocycles. The van der Waals surface area contributed by atoms with Crippen molar-refractivity contribution in [2.75, 3.05) is 19.6 Å². The summed E-state index contributed by atoms with van der Waals surface area (Å²) < 4.78 is 0. The number of carbonyl (C=O) groups is 1. The van der Waals surface area contributed by atoms with Gasteiger partial charge in [-0.05, 0) is 85.5 Å². The van der Waals surface area contributed by atoms with Crippen molar-refractivity contribution in [1.29, 1.82) is 0 Å². The molecule has 3 aromatic rings. The Morgan fingerprint density at radius 3 is 2.00 bits per heavy atom. The molecule has 0 atom stereocenters. The molecular weight excluding hydrogens is 418 g/mol. The lowest BCUT2D eigenvalue weighted by Crippen LogP contribution is -2.47. The molecule has 0 aromatic heterocycles. The van der Waals surface area contributed by atoms with Crippen LogP contribution in [-0.4, -0.2) is 35.6 Å². The van der Waals surface area contributed by atoms with E-state index in [9.17, 15) is 9.90 Å². The van der Waals surface area contributed by atoms with E-state index in [4.69, 9.17) is 0 Å². The number of aryl methyl sites for hydroxylation is 3. The first-order chi connectivity index (χ1) is 16.6. The van der Waals surface area contributed by atoms with Gasteiger partial charge in [-0.1, -0.05) is 84.4 Å². The number of piperidine rings is 1. The fraction of sp³-hybridized carbons (Fsp3) is 0.323. The first-order valence-corrected chi connectivity index (χ1v) is 12.5. The van der Waals surface area contributed by atoms with Crippen molar-refractivity contribution in [3.05, 3.63) is 112 Å². The van der Waals surface area contributed by atoms with Gasteiger partial charge in [0.25, 0.3) is 0 Å². The van der Waals surface area contributed by atoms with Gasteiger partial charge in [0.1, 0.15) is 0 Å². The normalized spacial score (nSPS) is 17.4. The maximum Gasteiger partial charge on any atom is 0.314 e. The van der Waals surface area contributed by atoms with Crippen molar-refractivity contribution >= 4 is 11.5 Å². The predicted molar refractivity (Wildman–Crippen MR) is 138 cm³/mol. The predicted octanol–water partition coefficient (Wildman–Crippen LogP) is 6.03. The van der Waals surface area contributed by atoms with Crippen molar-refractivity contribution in [3.8, 4) is 0 Å². The van der Waals surface area contributed by atoms with E-state index in [0.717, 1.165) is 50.0 Å². The minimum Gasteiger partial charge on any atom is -0.481 e. The zero-order valence-electron chi connectivity index (χ0n) is 20.0. The Bertz CT molecular complexity index is 1150. The van der Waals surface area contributed by atoms with E-state index in [2.05, 4.69) is 59.5 Å². The van der Waals surface area contributed by atoms with Crippen molar-refractivity contribution in [2.45, 2.75) is 44.4 Å². The summed E-state index contributed by atoms with van der Waals surface area (Å²) in [5, 5.41) is 10.1. The maximum absolute atomic E-state index is 12.3. The highest BCUT2D eigenvalue weighted by Crippen LogP contribution is 2.37. The number of likely N-dealkylation sites (tertiary alicyclic amines) is 1. The van der Waals surface area contributed by atoms with E-state index in [1.807, 2.05) is 31.2 Å². The number of hydrogen-bond acceptors (Lipinski definition) is 2. The molecule has 2 aliphatic rings. The third kappa shape index (κ3) is 4.33. The molecule has 0 unspecified atom stereocenters. The van der Waals surface area contributed by atoms with Gasteiger partial charge < -0.3 is 10.0 Å². The molecule has 0 radical (unpaired) electrons. The van der Waals surface area contributed by atoms with Crippen molar-refractivity contribution < 1.29 is 9.90 Å². The van der Waals surface area contributed by atoms with Gasteiger partial charge in [-0.15, -0.1) is 0 Å². The Hall–Kier alpha value is -3.17. The lowest BCUT2D eigenvalue weighted by atomic mass is 9.72. The van der Waals surface area contributed by atoms with Crippen molar-refractivity contribution in [2.24, 2.45) is 0 Å². The summed E-state index contributed by atoms with van der Waals surface area (Å²) in [7, 11) is 0. The van der Waals surface area contributed by atoms with Gasteiger partial charge in [0, 0.05) is 6.54 Å². The third-order valence-electron chi connectivity index (χ3n) is 7.80. The van der Waals surface area contributed by atoms with Crippen LogP contribution in [0.1, 0.15) is 52.6 Å². The van der Waals surface area contributed by atoms with Gasteiger partial charge in [-0.25, -0.2) is 0 Å². The lowest BCUT2D eigenvalue weighted by Gasteiger charge is -2.39. The summed E-state index contributed by atoms with van der Waals surface area (Å²) in [5.74, 6) is -0.690. The summed E-state index contributed by atoms with van der Waals surface area (Å²) >= 11 is 0. The van der Waals surface area contributed by atoms with E-state index in [-0.39, 0.29) is 0 Å². The number of carboxylic acids is 1. The van der Waals surface area contributed by atoms with Gasteiger partial charge in [0.05, 0.1) is 5.41 Å². The van der Waals surface area contributed by atoms with Crippen LogP contribution in [0.5, 0.6) is 0 Å². The molecule has 3 nitrogen and oxygen atoms in total. The molecule has 3 heteroatoms. The molecule has 5 rings (SSSR count). The molecular formula is C31H33NO2. The van der Waals surface area contributed by atoms with Crippen LogP contribution < -0.4 is 0 Å². The molecule has 1 saturated heterocycles. The van der Waals surface area contributed by atoms with Crippen molar-refractivity contribution in [3.63, 3.8) is 0 Å². The van der Waals surface area contributed by atoms with Gasteiger partial charge in [-0.2, -0.15) is 0 Å². The Labute approximate surface area is 202 Å². The topological polar surface area (TPSA) is 40.5 Å². The smallest absolute Gasteiger partial charge is 0.314 e. The lowest BCUT2D eigenvalue weighted by molar-refractivity contribution is -0.146. The molecule has 1 aliphatic carbocycles. The number of nitrogens with zero attached hydrogens (tertiary/aromatic N) is 1. The highest BCUT2D eigenvalue weighted by atomic mass is 16.4. The quantitative estimate of drug-likeness (QED) is 0.515. The number of benzene rings is 3. The monoisotopic (exact) mass is 451 g/mol. The summed E-state index contributed by atoms with van der Waals surface area (Å²) in [6.45, 7) is 4.63. The summed E-state index contributed by atoms with van der Waals surface area (Å²) in [6, 6.07) is 25.7. The average molecular weight is 452 g/mol. The van der Waals surface area contributed by atoms with Crippen LogP contribution >= 0.6 is 0 Å². The highest BCUT2D eigenvalue weighted by Gasteiger charge is 2.42. The zero-order valence-corrected chi connectivity index (χ0v) is 20.0. The number of fused-ring (bicyclic) bond motifs is 2. The number of carboxylic acid groups (broad SMARTS) is 1. The minimum absolute atomic E-state index is 0.660. The molecule has 34 heavy (non-hydrogen) atoms. The number of hydrogen-bond donors (Lipinski definition) is 1. The Balaban J connectivity index is 1.31. The van der Waals surface area contributed by atoms with Crippen LogP contribution in [0.3, 0.4) is 0 Å². The molecule has 3 aromatic carbocycles. The van der Waals surface area contributed by atoms with Crippen LogP contribution in [0.15, 0.2) is 78.9 Å². The molecule has 1 heterocycles. The van der Waals surface area contributed by atoms with E-state index >= 15 is 0 Å². The second-order valence-electron chi connectivity index (χ2n) is 9.82. The average Bonchev–Trinajstić information content (AvgIpc) is 3.02. The van der Waals surface area contributed by atoms with E-state index < -0.39 is 11.4 Å². The molecule has 1 N–H and O–H groups in total. The highest BCUT2D eigenvalue weighted by molar-refractivity contribution is 5.84. The van der Waals surface area contributed by atoms with Crippen LogP contribution in [-0.2, 0) is 23.1 Å². The second kappa shape index (κ2) is 9.60. The fourth-order valence-electron chi connectivity index (χ4n) is 5.68. The fourth-order valence-corrected chi connectivity index (χ4v) is 5.68. The van der Waals surface area contributed by atoms with Crippen LogP contribution in [0.25, 0.3) is 5.57 Å². The van der Waals surface area contributed by atoms with Gasteiger partial charge in [0.15, 0.2) is 0 Å². The first kappa shape index (κ1) is 22.6. The first-order valence-electron chi connectivity index (χ1n) is 12.5. The third-order valence-corrected chi connectivity index (χ3v) is 7.80. The maximum atomic E-state index is 12.3. The Morgan fingerprint density at radius 2 is 1.44 bits per heavy atom. The number of rotatable bonds is 5. The van der Waals surface area contributed by atoms with Crippen molar-refractivity contribution in [1.82, 2.24) is 4.90 Å². The molecule has 174 valence electrons. The van der Waals surface area contributed by atoms with Gasteiger partial charge in [0.2, 0.25) is 0 Å². The van der Waals surface area contributed by atoms with E-state index in [1.54, 1.807) is 0 Å². The molecule has 0 amide bonds. The molecule has 0 spiro atoms.